The number of rotatable bonds is 4. The minimum absolute atomic E-state index is 0.0441. The fourth-order valence-electron chi connectivity index (χ4n) is 3.11. The molecule has 1 aliphatic rings. The van der Waals surface area contributed by atoms with Crippen molar-refractivity contribution in [3.05, 3.63) is 75.4 Å². The van der Waals surface area contributed by atoms with E-state index < -0.39 is 5.82 Å². The number of amides is 2. The number of hydrogen-bond acceptors (Lipinski definition) is 2. The van der Waals surface area contributed by atoms with Crippen LogP contribution in [0, 0.1) is 5.82 Å². The number of nitrogens with one attached hydrogen (secondary N) is 2. The molecule has 1 saturated carbocycles. The average Bonchev–Trinajstić information content (AvgIpc) is 3.49. The molecule has 0 spiro atoms. The summed E-state index contributed by atoms with van der Waals surface area (Å²) in [6, 6.07) is 11.3. The van der Waals surface area contributed by atoms with Crippen molar-refractivity contribution in [2.45, 2.75) is 25.4 Å². The van der Waals surface area contributed by atoms with Crippen LogP contribution < -0.4 is 10.9 Å². The van der Waals surface area contributed by atoms with E-state index in [1.165, 1.54) is 18.2 Å². The highest BCUT2D eigenvalue weighted by atomic mass is 35.5. The van der Waals surface area contributed by atoms with E-state index in [0.29, 0.717) is 17.6 Å². The summed E-state index contributed by atoms with van der Waals surface area (Å²) in [4.78, 5) is 29.3. The lowest BCUT2D eigenvalue weighted by molar-refractivity contribution is 0.206. The molecule has 7 heteroatoms. The first-order valence-electron chi connectivity index (χ1n) is 8.65. The molecule has 3 aromatic rings. The predicted octanol–water partition coefficient (Wildman–Crippen LogP) is 4.52. The molecular formula is C20H17ClFN3O2. The Morgan fingerprint density at radius 3 is 2.67 bits per heavy atom. The van der Waals surface area contributed by atoms with E-state index in [-0.39, 0.29) is 22.7 Å². The van der Waals surface area contributed by atoms with Crippen molar-refractivity contribution in [2.24, 2.45) is 0 Å². The van der Waals surface area contributed by atoms with Crippen LogP contribution in [0.25, 0.3) is 10.8 Å². The van der Waals surface area contributed by atoms with Crippen LogP contribution in [0.15, 0.2) is 53.5 Å². The molecule has 2 amide bonds. The number of hydrogen-bond donors (Lipinski definition) is 2. The molecule has 1 heterocycles. The first-order valence-corrected chi connectivity index (χ1v) is 9.02. The lowest BCUT2D eigenvalue weighted by atomic mass is 10.1. The quantitative estimate of drug-likeness (QED) is 0.693. The van der Waals surface area contributed by atoms with Gasteiger partial charge >= 0.3 is 6.03 Å². The van der Waals surface area contributed by atoms with Gasteiger partial charge in [-0.3, -0.25) is 4.79 Å². The van der Waals surface area contributed by atoms with E-state index in [9.17, 15) is 14.0 Å². The summed E-state index contributed by atoms with van der Waals surface area (Å²) >= 11 is 5.79. The molecule has 0 bridgehead atoms. The Balaban J connectivity index is 1.60. The number of benzene rings is 2. The number of fused-ring (bicyclic) bond motifs is 1. The Labute approximate surface area is 159 Å². The first-order chi connectivity index (χ1) is 13.0. The smallest absolute Gasteiger partial charge is 0.322 e. The molecule has 0 saturated heterocycles. The molecule has 1 aliphatic carbocycles. The van der Waals surface area contributed by atoms with Gasteiger partial charge in [0.15, 0.2) is 0 Å². The second-order valence-electron chi connectivity index (χ2n) is 6.61. The van der Waals surface area contributed by atoms with Gasteiger partial charge in [0.2, 0.25) is 0 Å². The summed E-state index contributed by atoms with van der Waals surface area (Å²) in [7, 11) is 0. The number of H-pyrrole nitrogens is 1. The second-order valence-corrected chi connectivity index (χ2v) is 7.01. The van der Waals surface area contributed by atoms with Crippen LogP contribution in [0.3, 0.4) is 0 Å². The third-order valence-corrected chi connectivity index (χ3v) is 4.94. The van der Waals surface area contributed by atoms with E-state index in [4.69, 9.17) is 11.6 Å². The highest BCUT2D eigenvalue weighted by molar-refractivity contribution is 6.31. The molecule has 27 heavy (non-hydrogen) atoms. The maximum absolute atomic E-state index is 13.3. The predicted molar refractivity (Wildman–Crippen MR) is 104 cm³/mol. The van der Waals surface area contributed by atoms with Crippen LogP contribution in [-0.4, -0.2) is 22.0 Å². The molecule has 1 aromatic heterocycles. The van der Waals surface area contributed by atoms with Gasteiger partial charge in [-0.15, -0.1) is 0 Å². The summed E-state index contributed by atoms with van der Waals surface area (Å²) in [6.07, 6.45) is 3.51. The topological polar surface area (TPSA) is 65.2 Å². The number of nitrogens with zero attached hydrogens (tertiary/aromatic N) is 1. The minimum atomic E-state index is -0.534. The van der Waals surface area contributed by atoms with Crippen LogP contribution in [-0.2, 0) is 6.54 Å². The molecule has 138 valence electrons. The Hall–Kier alpha value is -2.86. The van der Waals surface area contributed by atoms with Gasteiger partial charge in [0.05, 0.1) is 5.02 Å². The molecule has 0 radical (unpaired) electrons. The van der Waals surface area contributed by atoms with Crippen LogP contribution in [0.2, 0.25) is 5.02 Å². The normalized spacial score (nSPS) is 13.6. The van der Waals surface area contributed by atoms with Gasteiger partial charge in [0, 0.05) is 29.9 Å². The summed E-state index contributed by atoms with van der Waals surface area (Å²) in [6.45, 7) is 0.364. The van der Waals surface area contributed by atoms with Crippen LogP contribution >= 0.6 is 11.6 Å². The highest BCUT2D eigenvalue weighted by Crippen LogP contribution is 2.30. The third kappa shape index (κ3) is 3.66. The van der Waals surface area contributed by atoms with E-state index in [1.807, 2.05) is 18.2 Å². The summed E-state index contributed by atoms with van der Waals surface area (Å²) < 4.78 is 13.3. The zero-order valence-corrected chi connectivity index (χ0v) is 15.1. The lowest BCUT2D eigenvalue weighted by Crippen LogP contribution is -2.36. The van der Waals surface area contributed by atoms with Crippen LogP contribution in [0.1, 0.15) is 18.4 Å². The summed E-state index contributed by atoms with van der Waals surface area (Å²) in [5.74, 6) is -0.534. The van der Waals surface area contributed by atoms with E-state index in [2.05, 4.69) is 10.3 Å². The molecule has 5 nitrogen and oxygen atoms in total. The van der Waals surface area contributed by atoms with Crippen molar-refractivity contribution in [3.8, 4) is 0 Å². The number of carbonyl (C=O) groups excluding carboxylic acids is 1. The lowest BCUT2D eigenvalue weighted by Gasteiger charge is -2.23. The molecule has 0 unspecified atom stereocenters. The molecule has 2 aromatic carbocycles. The zero-order valence-electron chi connectivity index (χ0n) is 14.3. The van der Waals surface area contributed by atoms with Gasteiger partial charge in [-0.1, -0.05) is 29.8 Å². The minimum Gasteiger partial charge on any atom is -0.328 e. The molecule has 4 rings (SSSR count). The molecule has 1 fully saturated rings. The van der Waals surface area contributed by atoms with Crippen LogP contribution in [0.5, 0.6) is 0 Å². The van der Waals surface area contributed by atoms with Crippen molar-refractivity contribution in [2.75, 3.05) is 5.32 Å². The number of pyridine rings is 1. The van der Waals surface area contributed by atoms with Gasteiger partial charge in [-0.05, 0) is 48.1 Å². The van der Waals surface area contributed by atoms with Gasteiger partial charge < -0.3 is 15.2 Å². The number of aromatic nitrogens is 1. The van der Waals surface area contributed by atoms with E-state index >= 15 is 0 Å². The van der Waals surface area contributed by atoms with Crippen molar-refractivity contribution in [1.29, 1.82) is 0 Å². The Morgan fingerprint density at radius 1 is 1.22 bits per heavy atom. The maximum Gasteiger partial charge on any atom is 0.322 e. The zero-order chi connectivity index (χ0) is 19.0. The second kappa shape index (κ2) is 7.04. The van der Waals surface area contributed by atoms with Crippen molar-refractivity contribution in [1.82, 2.24) is 9.88 Å². The molecular weight excluding hydrogens is 369 g/mol. The van der Waals surface area contributed by atoms with Crippen molar-refractivity contribution in [3.63, 3.8) is 0 Å². The number of anilines is 1. The summed E-state index contributed by atoms with van der Waals surface area (Å²) in [5.41, 5.74) is 1.14. The van der Waals surface area contributed by atoms with Gasteiger partial charge in [0.1, 0.15) is 5.82 Å². The van der Waals surface area contributed by atoms with Gasteiger partial charge in [-0.2, -0.15) is 0 Å². The van der Waals surface area contributed by atoms with E-state index in [1.54, 1.807) is 17.2 Å². The Bertz CT molecular complexity index is 1080. The van der Waals surface area contributed by atoms with Crippen LogP contribution in [0.4, 0.5) is 14.9 Å². The third-order valence-electron chi connectivity index (χ3n) is 4.66. The first kappa shape index (κ1) is 17.5. The Morgan fingerprint density at radius 2 is 1.96 bits per heavy atom. The molecule has 0 atom stereocenters. The number of aromatic amines is 1. The SMILES string of the molecule is O=C(Nc1ccc(F)c(Cl)c1)N(Cc1c[nH]c(=O)c2ccccc12)C1CC1. The fourth-order valence-corrected chi connectivity index (χ4v) is 3.29. The largest absolute Gasteiger partial charge is 0.328 e. The standard InChI is InChI=1S/C20H17ClFN3O2/c21-17-9-13(5-8-18(17)22)24-20(27)25(14-6-7-14)11-12-10-23-19(26)16-4-2-1-3-15(12)16/h1-5,8-10,14H,6-7,11H2,(H,23,26)(H,24,27). The number of carbonyl (C=O) groups is 1. The van der Waals surface area contributed by atoms with Gasteiger partial charge in [0.25, 0.3) is 5.56 Å². The monoisotopic (exact) mass is 385 g/mol. The van der Waals surface area contributed by atoms with Crippen molar-refractivity contribution < 1.29 is 9.18 Å². The number of halogens is 2. The van der Waals surface area contributed by atoms with Crippen molar-refractivity contribution >= 4 is 34.1 Å². The Kier molecular flexibility index (Phi) is 4.58. The highest BCUT2D eigenvalue weighted by Gasteiger charge is 2.33. The number of urea groups is 1. The molecule has 0 aliphatic heterocycles. The fraction of sp³-hybridized carbons (Fsp3) is 0.200. The summed E-state index contributed by atoms with van der Waals surface area (Å²) in [5, 5.41) is 4.15. The van der Waals surface area contributed by atoms with Gasteiger partial charge in [-0.25, -0.2) is 9.18 Å². The maximum atomic E-state index is 13.3. The van der Waals surface area contributed by atoms with E-state index in [0.717, 1.165) is 23.8 Å². The molecule has 2 N–H and O–H groups in total. The average molecular weight is 386 g/mol.